The second kappa shape index (κ2) is 9.40. The molecule has 0 unspecified atom stereocenters. The highest BCUT2D eigenvalue weighted by molar-refractivity contribution is 6.11. The van der Waals surface area contributed by atoms with E-state index in [2.05, 4.69) is 20.7 Å². The number of carbonyl (C=O) groups excluding carboxylic acids is 2. The largest absolute Gasteiger partial charge is 0.321 e. The number of nitrogens with zero attached hydrogens (tertiary/aromatic N) is 3. The number of hydrogen-bond acceptors (Lipinski definition) is 5. The predicted octanol–water partition coefficient (Wildman–Crippen LogP) is 4.29. The number of benzene rings is 3. The number of hydrogen-bond donors (Lipinski definition) is 2. The minimum atomic E-state index is -0.474. The van der Waals surface area contributed by atoms with Gasteiger partial charge in [0.15, 0.2) is 5.69 Å². The van der Waals surface area contributed by atoms with E-state index in [4.69, 9.17) is 0 Å². The molecule has 5 aromatic rings. The van der Waals surface area contributed by atoms with Crippen molar-refractivity contribution in [1.29, 1.82) is 0 Å². The van der Waals surface area contributed by atoms with Crippen LogP contribution in [0.2, 0.25) is 0 Å². The average Bonchev–Trinajstić information content (AvgIpc) is 2.90. The molecule has 0 saturated carbocycles. The van der Waals surface area contributed by atoms with Crippen molar-refractivity contribution < 1.29 is 9.59 Å². The van der Waals surface area contributed by atoms with Crippen molar-refractivity contribution in [2.75, 3.05) is 10.6 Å². The van der Waals surface area contributed by atoms with Gasteiger partial charge in [-0.05, 0) is 54.6 Å². The van der Waals surface area contributed by atoms with Crippen LogP contribution in [0.15, 0.2) is 108 Å². The molecule has 0 aliphatic carbocycles. The van der Waals surface area contributed by atoms with E-state index in [1.807, 2.05) is 6.07 Å². The zero-order chi connectivity index (χ0) is 24.2. The third-order valence-corrected chi connectivity index (χ3v) is 5.35. The molecule has 0 saturated heterocycles. The van der Waals surface area contributed by atoms with Crippen molar-refractivity contribution in [2.45, 2.75) is 0 Å². The Morgan fingerprint density at radius 3 is 2.09 bits per heavy atom. The van der Waals surface area contributed by atoms with Crippen LogP contribution in [0.4, 0.5) is 11.4 Å². The number of carbonyl (C=O) groups is 2. The lowest BCUT2D eigenvalue weighted by Gasteiger charge is -2.12. The summed E-state index contributed by atoms with van der Waals surface area (Å²) in [5, 5.41) is 10.8. The Bertz CT molecular complexity index is 1580. The lowest BCUT2D eigenvalue weighted by Crippen LogP contribution is -2.26. The SMILES string of the molecule is O=C(Nc1cccnc1)c1ccc(NC(=O)c2nn(-c3ccccc3)c(=O)c3ccccc23)cc1. The molecule has 35 heavy (non-hydrogen) atoms. The van der Waals surface area contributed by atoms with Gasteiger partial charge in [0.25, 0.3) is 17.4 Å². The maximum atomic E-state index is 13.2. The minimum Gasteiger partial charge on any atom is -0.321 e. The van der Waals surface area contributed by atoms with E-state index < -0.39 is 5.91 Å². The summed E-state index contributed by atoms with van der Waals surface area (Å²) in [5.74, 6) is -0.767. The maximum absolute atomic E-state index is 13.2. The van der Waals surface area contributed by atoms with E-state index in [1.54, 1.807) is 97.3 Å². The van der Waals surface area contributed by atoms with Crippen molar-refractivity contribution in [2.24, 2.45) is 0 Å². The molecule has 0 bridgehead atoms. The molecule has 2 aromatic heterocycles. The van der Waals surface area contributed by atoms with E-state index in [-0.39, 0.29) is 17.2 Å². The second-order valence-corrected chi connectivity index (χ2v) is 7.67. The van der Waals surface area contributed by atoms with E-state index in [1.165, 1.54) is 4.68 Å². The molecular weight excluding hydrogens is 442 g/mol. The van der Waals surface area contributed by atoms with Crippen LogP contribution < -0.4 is 16.2 Å². The molecule has 0 radical (unpaired) electrons. The van der Waals surface area contributed by atoms with Gasteiger partial charge in [-0.3, -0.25) is 19.4 Å². The molecule has 2 heterocycles. The number of para-hydroxylation sites is 1. The summed E-state index contributed by atoms with van der Waals surface area (Å²) in [4.78, 5) is 42.7. The molecule has 2 N–H and O–H groups in total. The Morgan fingerprint density at radius 1 is 0.686 bits per heavy atom. The Hall–Kier alpha value is -5.11. The average molecular weight is 461 g/mol. The molecule has 2 amide bonds. The lowest BCUT2D eigenvalue weighted by atomic mass is 10.1. The van der Waals surface area contributed by atoms with Gasteiger partial charge in [-0.2, -0.15) is 9.78 Å². The standard InChI is InChI=1S/C27H19N5O3/c33-25(30-20-7-6-16-28-17-20)18-12-14-19(15-13-18)29-26(34)24-22-10-4-5-11-23(22)27(35)32(31-24)21-8-2-1-3-9-21/h1-17H,(H,29,34)(H,30,33). The number of amides is 2. The van der Waals surface area contributed by atoms with Crippen LogP contribution in [-0.2, 0) is 0 Å². The first kappa shape index (κ1) is 21.7. The number of rotatable bonds is 5. The molecule has 170 valence electrons. The molecule has 0 aliphatic rings. The fourth-order valence-corrected chi connectivity index (χ4v) is 3.64. The van der Waals surface area contributed by atoms with Gasteiger partial charge in [0.05, 0.1) is 23.0 Å². The third kappa shape index (κ3) is 4.53. The van der Waals surface area contributed by atoms with Gasteiger partial charge in [-0.15, -0.1) is 0 Å². The predicted molar refractivity (Wildman–Crippen MR) is 134 cm³/mol. The zero-order valence-corrected chi connectivity index (χ0v) is 18.4. The second-order valence-electron chi connectivity index (χ2n) is 7.67. The molecule has 8 nitrogen and oxygen atoms in total. The van der Waals surface area contributed by atoms with Gasteiger partial charge in [0, 0.05) is 22.8 Å². The Morgan fingerprint density at radius 2 is 1.37 bits per heavy atom. The number of nitrogens with one attached hydrogen (secondary N) is 2. The van der Waals surface area contributed by atoms with Crippen molar-refractivity contribution in [3.63, 3.8) is 0 Å². The molecule has 8 heteroatoms. The van der Waals surface area contributed by atoms with Crippen LogP contribution in [0, 0.1) is 0 Å². The molecule has 5 rings (SSSR count). The van der Waals surface area contributed by atoms with E-state index in [9.17, 15) is 14.4 Å². The van der Waals surface area contributed by atoms with Gasteiger partial charge in [-0.1, -0.05) is 36.4 Å². The first-order valence-corrected chi connectivity index (χ1v) is 10.8. The zero-order valence-electron chi connectivity index (χ0n) is 18.4. The maximum Gasteiger partial charge on any atom is 0.279 e. The fourth-order valence-electron chi connectivity index (χ4n) is 3.64. The van der Waals surface area contributed by atoms with Crippen LogP contribution in [0.5, 0.6) is 0 Å². The number of fused-ring (bicyclic) bond motifs is 1. The van der Waals surface area contributed by atoms with Crippen LogP contribution >= 0.6 is 0 Å². The first-order chi connectivity index (χ1) is 17.1. The normalized spacial score (nSPS) is 10.6. The van der Waals surface area contributed by atoms with Crippen molar-refractivity contribution in [3.8, 4) is 5.69 Å². The van der Waals surface area contributed by atoms with Crippen molar-refractivity contribution in [1.82, 2.24) is 14.8 Å². The molecule has 0 spiro atoms. The van der Waals surface area contributed by atoms with Gasteiger partial charge in [0.1, 0.15) is 0 Å². The fraction of sp³-hybridized carbons (Fsp3) is 0. The highest BCUT2D eigenvalue weighted by atomic mass is 16.2. The van der Waals surface area contributed by atoms with Gasteiger partial charge < -0.3 is 10.6 Å². The molecular formula is C27H19N5O3. The summed E-state index contributed by atoms with van der Waals surface area (Å²) in [6.07, 6.45) is 3.18. The van der Waals surface area contributed by atoms with Crippen LogP contribution in [0.1, 0.15) is 20.8 Å². The highest BCUT2D eigenvalue weighted by Crippen LogP contribution is 2.18. The molecule has 0 fully saturated rings. The van der Waals surface area contributed by atoms with Crippen LogP contribution in [-0.4, -0.2) is 26.6 Å². The van der Waals surface area contributed by atoms with Crippen molar-refractivity contribution >= 4 is 34.0 Å². The van der Waals surface area contributed by atoms with Crippen LogP contribution in [0.3, 0.4) is 0 Å². The summed E-state index contributed by atoms with van der Waals surface area (Å²) in [6, 6.07) is 25.7. The van der Waals surface area contributed by atoms with E-state index in [0.29, 0.717) is 33.4 Å². The Labute approximate surface area is 199 Å². The smallest absolute Gasteiger partial charge is 0.279 e. The summed E-state index contributed by atoms with van der Waals surface area (Å²) in [5.41, 5.74) is 1.85. The quantitative estimate of drug-likeness (QED) is 0.406. The Kier molecular flexibility index (Phi) is 5.83. The minimum absolute atomic E-state index is 0.113. The lowest BCUT2D eigenvalue weighted by molar-refractivity contribution is 0.101. The summed E-state index contributed by atoms with van der Waals surface area (Å²) in [7, 11) is 0. The Balaban J connectivity index is 1.42. The van der Waals surface area contributed by atoms with Crippen molar-refractivity contribution in [3.05, 3.63) is 125 Å². The third-order valence-electron chi connectivity index (χ3n) is 5.35. The number of aromatic nitrogens is 3. The summed E-state index contributed by atoms with van der Waals surface area (Å²) in [6.45, 7) is 0. The summed E-state index contributed by atoms with van der Waals surface area (Å²) >= 11 is 0. The monoisotopic (exact) mass is 461 g/mol. The van der Waals surface area contributed by atoms with E-state index in [0.717, 1.165) is 0 Å². The summed E-state index contributed by atoms with van der Waals surface area (Å²) < 4.78 is 1.23. The van der Waals surface area contributed by atoms with Gasteiger partial charge >= 0.3 is 0 Å². The highest BCUT2D eigenvalue weighted by Gasteiger charge is 2.18. The van der Waals surface area contributed by atoms with Gasteiger partial charge in [-0.25, -0.2) is 0 Å². The van der Waals surface area contributed by atoms with E-state index >= 15 is 0 Å². The molecule has 3 aromatic carbocycles. The molecule has 0 aliphatic heterocycles. The number of pyridine rings is 1. The first-order valence-electron chi connectivity index (χ1n) is 10.8. The van der Waals surface area contributed by atoms with Gasteiger partial charge in [0.2, 0.25) is 0 Å². The number of anilines is 2. The molecule has 0 atom stereocenters. The van der Waals surface area contributed by atoms with Crippen LogP contribution in [0.25, 0.3) is 16.5 Å². The topological polar surface area (TPSA) is 106 Å².